The molecule has 0 saturated carbocycles. The van der Waals surface area contributed by atoms with Crippen LogP contribution in [0.3, 0.4) is 0 Å². The molecule has 0 aromatic heterocycles. The average Bonchev–Trinajstić information content (AvgIpc) is 2.59. The number of alkyl halides is 1. The molecule has 0 fully saturated rings. The van der Waals surface area contributed by atoms with Crippen LogP contribution in [0.2, 0.25) is 0 Å². The highest BCUT2D eigenvalue weighted by molar-refractivity contribution is 8.01. The molecule has 1 unspecified atom stereocenters. The summed E-state index contributed by atoms with van der Waals surface area (Å²) in [5.41, 5.74) is 0. The van der Waals surface area contributed by atoms with Crippen LogP contribution >= 0.6 is 43.9 Å². The summed E-state index contributed by atoms with van der Waals surface area (Å²) in [7, 11) is -0.655. The van der Waals surface area contributed by atoms with Crippen molar-refractivity contribution in [3.63, 3.8) is 0 Å². The normalized spacial score (nSPS) is 12.1. The average molecular weight is 375 g/mol. The highest BCUT2D eigenvalue weighted by atomic mass is 35.5. The van der Waals surface area contributed by atoms with Gasteiger partial charge in [-0.15, -0.1) is 36.0 Å². The van der Waals surface area contributed by atoms with E-state index in [1.54, 1.807) is 11.8 Å². The molecule has 23 heavy (non-hydrogen) atoms. The summed E-state index contributed by atoms with van der Waals surface area (Å²) in [5, 5.41) is 4.49. The van der Waals surface area contributed by atoms with Gasteiger partial charge in [0, 0.05) is 9.79 Å². The van der Waals surface area contributed by atoms with Crippen molar-refractivity contribution < 1.29 is 0 Å². The SMILES string of the molecule is Sc1ccccc1P(c1ccccc1)c1ccccc1SCCl. The van der Waals surface area contributed by atoms with Gasteiger partial charge in [-0.3, -0.25) is 0 Å². The standard InChI is InChI=1S/C19H16ClPS2/c20-14-23-19-13-7-5-11-17(19)21(15-8-2-1-3-9-15)16-10-4-6-12-18(16)22/h1-13,22H,14H2. The molecule has 1 atom stereocenters. The molecule has 4 heteroatoms. The summed E-state index contributed by atoms with van der Waals surface area (Å²) >= 11 is 12.4. The Balaban J connectivity index is 2.20. The molecular formula is C19H16ClPS2. The third-order valence-electron chi connectivity index (χ3n) is 3.45. The van der Waals surface area contributed by atoms with Crippen LogP contribution in [0.1, 0.15) is 0 Å². The van der Waals surface area contributed by atoms with Crippen molar-refractivity contribution in [2.75, 3.05) is 5.21 Å². The first-order chi connectivity index (χ1) is 11.3. The maximum absolute atomic E-state index is 5.99. The minimum Gasteiger partial charge on any atom is -0.143 e. The molecule has 0 saturated heterocycles. The lowest BCUT2D eigenvalue weighted by Gasteiger charge is -2.23. The number of thiol groups is 1. The smallest absolute Gasteiger partial charge is 0.0727 e. The van der Waals surface area contributed by atoms with Crippen LogP contribution < -0.4 is 15.9 Å². The molecule has 0 bridgehead atoms. The Labute approximate surface area is 153 Å². The van der Waals surface area contributed by atoms with Crippen molar-refractivity contribution in [2.45, 2.75) is 9.79 Å². The number of benzene rings is 3. The van der Waals surface area contributed by atoms with Gasteiger partial charge in [-0.1, -0.05) is 66.7 Å². The number of halogens is 1. The van der Waals surface area contributed by atoms with Crippen molar-refractivity contribution in [2.24, 2.45) is 0 Å². The predicted molar refractivity (Wildman–Crippen MR) is 109 cm³/mol. The van der Waals surface area contributed by atoms with Crippen LogP contribution in [0.4, 0.5) is 0 Å². The molecule has 0 aliphatic heterocycles. The maximum atomic E-state index is 5.99. The van der Waals surface area contributed by atoms with Gasteiger partial charge < -0.3 is 0 Å². The van der Waals surface area contributed by atoms with E-state index >= 15 is 0 Å². The molecule has 0 amide bonds. The Bertz CT molecular complexity index is 777. The highest BCUT2D eigenvalue weighted by Crippen LogP contribution is 2.38. The summed E-state index contributed by atoms with van der Waals surface area (Å²) in [6, 6.07) is 27.6. The van der Waals surface area contributed by atoms with Crippen molar-refractivity contribution >= 4 is 59.8 Å². The maximum Gasteiger partial charge on any atom is 0.0727 e. The number of rotatable bonds is 5. The number of hydrogen-bond acceptors (Lipinski definition) is 2. The largest absolute Gasteiger partial charge is 0.143 e. The molecule has 3 aromatic rings. The fourth-order valence-corrected chi connectivity index (χ4v) is 6.60. The third kappa shape index (κ3) is 3.95. The molecule has 0 spiro atoms. The monoisotopic (exact) mass is 374 g/mol. The van der Waals surface area contributed by atoms with Gasteiger partial charge in [-0.25, -0.2) is 0 Å². The molecule has 0 aliphatic carbocycles. The lowest BCUT2D eigenvalue weighted by Crippen LogP contribution is -2.22. The van der Waals surface area contributed by atoms with Gasteiger partial charge in [-0.05, 0) is 36.0 Å². The van der Waals surface area contributed by atoms with Crippen molar-refractivity contribution in [1.82, 2.24) is 0 Å². The van der Waals surface area contributed by atoms with Crippen LogP contribution in [0.15, 0.2) is 88.7 Å². The quantitative estimate of drug-likeness (QED) is 0.283. The minimum atomic E-state index is -0.655. The van der Waals surface area contributed by atoms with Crippen LogP contribution in [-0.2, 0) is 0 Å². The zero-order valence-electron chi connectivity index (χ0n) is 12.4. The summed E-state index contributed by atoms with van der Waals surface area (Å²) in [5.74, 6) is 0. The molecule has 3 rings (SSSR count). The summed E-state index contributed by atoms with van der Waals surface area (Å²) in [6.07, 6.45) is 0. The Morgan fingerprint density at radius 2 is 1.39 bits per heavy atom. The van der Waals surface area contributed by atoms with E-state index in [0.29, 0.717) is 5.21 Å². The lowest BCUT2D eigenvalue weighted by molar-refractivity contribution is 1.51. The minimum absolute atomic E-state index is 0.553. The fraction of sp³-hybridized carbons (Fsp3) is 0.0526. The fourth-order valence-electron chi connectivity index (χ4n) is 2.46. The third-order valence-corrected chi connectivity index (χ3v) is 7.83. The molecule has 116 valence electrons. The highest BCUT2D eigenvalue weighted by Gasteiger charge is 2.20. The van der Waals surface area contributed by atoms with Crippen LogP contribution in [0.25, 0.3) is 0 Å². The van der Waals surface area contributed by atoms with E-state index in [4.69, 9.17) is 24.2 Å². The van der Waals surface area contributed by atoms with Crippen LogP contribution in [0, 0.1) is 0 Å². The molecule has 0 nitrogen and oxygen atoms in total. The second-order valence-electron chi connectivity index (χ2n) is 4.88. The van der Waals surface area contributed by atoms with Crippen LogP contribution in [-0.4, -0.2) is 5.21 Å². The van der Waals surface area contributed by atoms with Gasteiger partial charge in [0.1, 0.15) is 0 Å². The van der Waals surface area contributed by atoms with E-state index < -0.39 is 7.92 Å². The topological polar surface area (TPSA) is 0 Å². The van der Waals surface area contributed by atoms with Gasteiger partial charge in [0.15, 0.2) is 0 Å². The summed E-state index contributed by atoms with van der Waals surface area (Å²) in [6.45, 7) is 0. The van der Waals surface area contributed by atoms with Crippen molar-refractivity contribution in [3.05, 3.63) is 78.9 Å². The second kappa shape index (κ2) is 8.26. The van der Waals surface area contributed by atoms with E-state index in [0.717, 1.165) is 4.90 Å². The first-order valence-electron chi connectivity index (χ1n) is 7.22. The number of thioether (sulfide) groups is 1. The zero-order chi connectivity index (χ0) is 16.1. The summed E-state index contributed by atoms with van der Waals surface area (Å²) < 4.78 is 0. The zero-order valence-corrected chi connectivity index (χ0v) is 15.8. The molecular weight excluding hydrogens is 359 g/mol. The molecule has 0 aliphatic rings. The van der Waals surface area contributed by atoms with E-state index in [-0.39, 0.29) is 0 Å². The van der Waals surface area contributed by atoms with Gasteiger partial charge in [-0.2, -0.15) is 0 Å². The van der Waals surface area contributed by atoms with Gasteiger partial charge in [0.2, 0.25) is 0 Å². The molecule has 0 heterocycles. The van der Waals surface area contributed by atoms with E-state index in [9.17, 15) is 0 Å². The van der Waals surface area contributed by atoms with E-state index in [1.807, 2.05) is 6.07 Å². The molecule has 0 radical (unpaired) electrons. The Morgan fingerprint density at radius 1 is 0.783 bits per heavy atom. The Kier molecular flexibility index (Phi) is 6.08. The lowest BCUT2D eigenvalue weighted by atomic mass is 10.3. The number of hydrogen-bond donors (Lipinski definition) is 1. The van der Waals surface area contributed by atoms with Crippen LogP contribution in [0.5, 0.6) is 0 Å². The van der Waals surface area contributed by atoms with Crippen molar-refractivity contribution in [3.8, 4) is 0 Å². The van der Waals surface area contributed by atoms with E-state index in [2.05, 4.69) is 72.8 Å². The summed E-state index contributed by atoms with van der Waals surface area (Å²) in [4.78, 5) is 2.28. The Hall–Kier alpha value is -0.920. The van der Waals surface area contributed by atoms with Crippen molar-refractivity contribution in [1.29, 1.82) is 0 Å². The molecule has 0 N–H and O–H groups in total. The molecule has 3 aromatic carbocycles. The van der Waals surface area contributed by atoms with Gasteiger partial charge in [0.05, 0.1) is 5.21 Å². The Morgan fingerprint density at radius 3 is 2.09 bits per heavy atom. The van der Waals surface area contributed by atoms with E-state index in [1.165, 1.54) is 20.8 Å². The predicted octanol–water partition coefficient (Wildman–Crippen LogP) is 5.02. The van der Waals surface area contributed by atoms with Gasteiger partial charge in [0.25, 0.3) is 0 Å². The van der Waals surface area contributed by atoms with Gasteiger partial charge >= 0.3 is 0 Å². The first-order valence-corrected chi connectivity index (χ1v) is 10.5. The second-order valence-corrected chi connectivity index (χ2v) is 9.11. The first kappa shape index (κ1) is 16.9.